The maximum Gasteiger partial charge on any atom is 0.130 e. The van der Waals surface area contributed by atoms with Crippen molar-refractivity contribution in [2.45, 2.75) is 32.9 Å². The van der Waals surface area contributed by atoms with Gasteiger partial charge in [-0.15, -0.1) is 0 Å². The molecule has 120 valence electrons. The quantitative estimate of drug-likeness (QED) is 0.826. The van der Waals surface area contributed by atoms with E-state index in [4.69, 9.17) is 9.47 Å². The SMILES string of the molecule is COc1cc(C)c(OC[C@H](O)CNC(C)C)c2ccccc12. The maximum atomic E-state index is 10.0. The maximum absolute atomic E-state index is 10.0. The number of aryl methyl sites for hydroxylation is 1. The van der Waals surface area contributed by atoms with Crippen molar-refractivity contribution < 1.29 is 14.6 Å². The summed E-state index contributed by atoms with van der Waals surface area (Å²) in [5.74, 6) is 1.64. The number of aliphatic hydroxyl groups is 1. The van der Waals surface area contributed by atoms with Crippen LogP contribution in [0.3, 0.4) is 0 Å². The Bertz CT molecular complexity index is 625. The molecule has 2 aromatic carbocycles. The fraction of sp³-hybridized carbons (Fsp3) is 0.444. The summed E-state index contributed by atoms with van der Waals surface area (Å²) < 4.78 is 11.3. The van der Waals surface area contributed by atoms with Crippen LogP contribution in [0, 0.1) is 6.92 Å². The molecule has 0 saturated heterocycles. The summed E-state index contributed by atoms with van der Waals surface area (Å²) in [6, 6.07) is 10.3. The van der Waals surface area contributed by atoms with Gasteiger partial charge in [-0.1, -0.05) is 38.1 Å². The van der Waals surface area contributed by atoms with Crippen molar-refractivity contribution in [3.05, 3.63) is 35.9 Å². The van der Waals surface area contributed by atoms with Gasteiger partial charge in [-0.25, -0.2) is 0 Å². The molecule has 0 spiro atoms. The summed E-state index contributed by atoms with van der Waals surface area (Å²) in [5.41, 5.74) is 1.000. The van der Waals surface area contributed by atoms with Gasteiger partial charge >= 0.3 is 0 Å². The number of hydrogen-bond acceptors (Lipinski definition) is 4. The van der Waals surface area contributed by atoms with Crippen LogP contribution in [0.5, 0.6) is 11.5 Å². The molecule has 0 unspecified atom stereocenters. The third-order valence-corrected chi connectivity index (χ3v) is 3.54. The molecule has 0 saturated carbocycles. The van der Waals surface area contributed by atoms with Crippen molar-refractivity contribution in [2.24, 2.45) is 0 Å². The van der Waals surface area contributed by atoms with Crippen LogP contribution in [0.4, 0.5) is 0 Å². The molecule has 0 heterocycles. The van der Waals surface area contributed by atoms with E-state index in [2.05, 4.69) is 19.2 Å². The van der Waals surface area contributed by atoms with E-state index in [9.17, 15) is 5.11 Å². The number of rotatable bonds is 7. The third-order valence-electron chi connectivity index (χ3n) is 3.54. The van der Waals surface area contributed by atoms with E-state index in [0.29, 0.717) is 12.6 Å². The van der Waals surface area contributed by atoms with Crippen molar-refractivity contribution in [1.82, 2.24) is 5.32 Å². The third kappa shape index (κ3) is 3.90. The van der Waals surface area contributed by atoms with Gasteiger partial charge in [0, 0.05) is 23.4 Å². The molecule has 2 aromatic rings. The molecule has 4 nitrogen and oxygen atoms in total. The second-order valence-electron chi connectivity index (χ2n) is 5.80. The largest absolute Gasteiger partial charge is 0.496 e. The Hall–Kier alpha value is -1.78. The van der Waals surface area contributed by atoms with E-state index in [-0.39, 0.29) is 6.61 Å². The highest BCUT2D eigenvalue weighted by molar-refractivity contribution is 5.94. The molecule has 0 amide bonds. The molecule has 0 aliphatic carbocycles. The normalized spacial score (nSPS) is 12.6. The first-order valence-electron chi connectivity index (χ1n) is 7.63. The Morgan fingerprint density at radius 2 is 1.86 bits per heavy atom. The average molecular weight is 303 g/mol. The van der Waals surface area contributed by atoms with Crippen LogP contribution in [0.1, 0.15) is 19.4 Å². The Morgan fingerprint density at radius 3 is 2.50 bits per heavy atom. The van der Waals surface area contributed by atoms with Gasteiger partial charge in [-0.05, 0) is 18.6 Å². The number of hydrogen-bond donors (Lipinski definition) is 2. The van der Waals surface area contributed by atoms with Crippen molar-refractivity contribution in [2.75, 3.05) is 20.3 Å². The van der Waals surface area contributed by atoms with E-state index in [1.807, 2.05) is 37.3 Å². The minimum Gasteiger partial charge on any atom is -0.496 e. The van der Waals surface area contributed by atoms with Crippen molar-refractivity contribution in [3.8, 4) is 11.5 Å². The van der Waals surface area contributed by atoms with Gasteiger partial charge in [-0.2, -0.15) is 0 Å². The summed E-state index contributed by atoms with van der Waals surface area (Å²) in [7, 11) is 1.67. The zero-order valence-electron chi connectivity index (χ0n) is 13.7. The van der Waals surface area contributed by atoms with Crippen molar-refractivity contribution in [1.29, 1.82) is 0 Å². The lowest BCUT2D eigenvalue weighted by Gasteiger charge is -2.18. The smallest absolute Gasteiger partial charge is 0.130 e. The zero-order valence-corrected chi connectivity index (χ0v) is 13.7. The minimum absolute atomic E-state index is 0.261. The minimum atomic E-state index is -0.539. The first-order chi connectivity index (χ1) is 10.5. The molecule has 2 N–H and O–H groups in total. The monoisotopic (exact) mass is 303 g/mol. The van der Waals surface area contributed by atoms with Crippen molar-refractivity contribution in [3.63, 3.8) is 0 Å². The van der Waals surface area contributed by atoms with Crippen LogP contribution < -0.4 is 14.8 Å². The van der Waals surface area contributed by atoms with E-state index >= 15 is 0 Å². The summed E-state index contributed by atoms with van der Waals surface area (Å²) in [6.07, 6.45) is -0.539. The Kier molecular flexibility index (Phi) is 5.63. The van der Waals surface area contributed by atoms with Crippen LogP contribution in [0.2, 0.25) is 0 Å². The lowest BCUT2D eigenvalue weighted by Crippen LogP contribution is -2.35. The molecular weight excluding hydrogens is 278 g/mol. The molecule has 1 atom stereocenters. The van der Waals surface area contributed by atoms with Crippen LogP contribution in [-0.4, -0.2) is 37.5 Å². The second kappa shape index (κ2) is 7.47. The van der Waals surface area contributed by atoms with Crippen LogP contribution in [0.15, 0.2) is 30.3 Å². The van der Waals surface area contributed by atoms with Gasteiger partial charge in [0.2, 0.25) is 0 Å². The molecule has 0 radical (unpaired) electrons. The average Bonchev–Trinajstić information content (AvgIpc) is 2.51. The van der Waals surface area contributed by atoms with Gasteiger partial charge in [0.1, 0.15) is 24.2 Å². The first kappa shape index (κ1) is 16.6. The summed E-state index contributed by atoms with van der Waals surface area (Å²) in [6.45, 7) is 6.87. The van der Waals surface area contributed by atoms with Crippen LogP contribution in [-0.2, 0) is 0 Å². The molecule has 4 heteroatoms. The summed E-state index contributed by atoms with van der Waals surface area (Å²) in [4.78, 5) is 0. The highest BCUT2D eigenvalue weighted by atomic mass is 16.5. The van der Waals surface area contributed by atoms with E-state index < -0.39 is 6.10 Å². The highest BCUT2D eigenvalue weighted by Crippen LogP contribution is 2.36. The summed E-state index contributed by atoms with van der Waals surface area (Å²) >= 11 is 0. The number of fused-ring (bicyclic) bond motifs is 1. The van der Waals surface area contributed by atoms with Crippen LogP contribution in [0.25, 0.3) is 10.8 Å². The molecule has 2 rings (SSSR count). The number of aliphatic hydroxyl groups excluding tert-OH is 1. The predicted molar refractivity (Wildman–Crippen MR) is 89.9 cm³/mol. The Balaban J connectivity index is 2.19. The number of nitrogens with one attached hydrogen (secondary N) is 1. The summed E-state index contributed by atoms with van der Waals surface area (Å²) in [5, 5.41) is 15.2. The topological polar surface area (TPSA) is 50.7 Å². The predicted octanol–water partition coefficient (Wildman–Crippen LogP) is 2.89. The Labute approximate surface area is 132 Å². The zero-order chi connectivity index (χ0) is 16.1. The number of ether oxygens (including phenoxy) is 2. The molecular formula is C18H25NO3. The fourth-order valence-corrected chi connectivity index (χ4v) is 2.42. The van der Waals surface area contributed by atoms with E-state index in [1.165, 1.54) is 0 Å². The standard InChI is InChI=1S/C18H25NO3/c1-12(2)19-10-14(20)11-22-18-13(3)9-17(21-4)15-7-5-6-8-16(15)18/h5-9,12,14,19-20H,10-11H2,1-4H3/t14-/m1/s1. The molecule has 0 bridgehead atoms. The van der Waals surface area contributed by atoms with Crippen LogP contribution >= 0.6 is 0 Å². The van der Waals surface area contributed by atoms with Gasteiger partial charge in [0.25, 0.3) is 0 Å². The fourth-order valence-electron chi connectivity index (χ4n) is 2.42. The molecule has 0 aromatic heterocycles. The molecule has 0 aliphatic rings. The van der Waals surface area contributed by atoms with E-state index in [1.54, 1.807) is 7.11 Å². The van der Waals surface area contributed by atoms with Gasteiger partial charge < -0.3 is 19.9 Å². The number of benzene rings is 2. The highest BCUT2D eigenvalue weighted by Gasteiger charge is 2.13. The van der Waals surface area contributed by atoms with Gasteiger partial charge in [0.15, 0.2) is 0 Å². The Morgan fingerprint density at radius 1 is 1.18 bits per heavy atom. The van der Waals surface area contributed by atoms with Crippen molar-refractivity contribution >= 4 is 10.8 Å². The lowest BCUT2D eigenvalue weighted by atomic mass is 10.0. The van der Waals surface area contributed by atoms with Gasteiger partial charge in [0.05, 0.1) is 7.11 Å². The second-order valence-corrected chi connectivity index (χ2v) is 5.80. The number of methoxy groups -OCH3 is 1. The molecule has 22 heavy (non-hydrogen) atoms. The van der Waals surface area contributed by atoms with E-state index in [0.717, 1.165) is 27.8 Å². The molecule has 0 fully saturated rings. The van der Waals surface area contributed by atoms with Gasteiger partial charge in [-0.3, -0.25) is 0 Å². The lowest BCUT2D eigenvalue weighted by molar-refractivity contribution is 0.105. The molecule has 0 aliphatic heterocycles. The first-order valence-corrected chi connectivity index (χ1v) is 7.63.